The molecule has 1 heterocycles. The van der Waals surface area contributed by atoms with Crippen molar-refractivity contribution in [1.82, 2.24) is 10.3 Å². The van der Waals surface area contributed by atoms with Gasteiger partial charge in [-0.3, -0.25) is 0 Å². The van der Waals surface area contributed by atoms with Gasteiger partial charge in [0, 0.05) is 23.3 Å². The van der Waals surface area contributed by atoms with Gasteiger partial charge in [-0.1, -0.05) is 19.8 Å². The van der Waals surface area contributed by atoms with Crippen LogP contribution in [0.3, 0.4) is 0 Å². The summed E-state index contributed by atoms with van der Waals surface area (Å²) in [5.41, 5.74) is 3.55. The van der Waals surface area contributed by atoms with Crippen molar-refractivity contribution >= 4 is 0 Å². The van der Waals surface area contributed by atoms with Crippen LogP contribution in [0.1, 0.15) is 63.8 Å². The fourth-order valence-corrected chi connectivity index (χ4v) is 2.04. The lowest BCUT2D eigenvalue weighted by Crippen LogP contribution is -2.35. The molecular weight excluding hydrogens is 248 g/mol. The first kappa shape index (κ1) is 17.0. The zero-order valence-corrected chi connectivity index (χ0v) is 14.0. The van der Waals surface area contributed by atoms with Crippen LogP contribution in [0.15, 0.2) is 6.07 Å². The Bertz CT molecular complexity index is 422. The van der Waals surface area contributed by atoms with E-state index in [4.69, 9.17) is 4.74 Å². The van der Waals surface area contributed by atoms with Crippen molar-refractivity contribution in [3.8, 4) is 5.88 Å². The molecule has 0 aliphatic rings. The number of ether oxygens (including phenoxy) is 1. The molecule has 0 amide bonds. The fourth-order valence-electron chi connectivity index (χ4n) is 2.04. The molecule has 3 heteroatoms. The maximum atomic E-state index is 5.91. The lowest BCUT2D eigenvalue weighted by atomic mass is 10.1. The highest BCUT2D eigenvalue weighted by atomic mass is 16.5. The molecule has 0 fully saturated rings. The topological polar surface area (TPSA) is 34.1 Å². The molecule has 0 saturated carbocycles. The van der Waals surface area contributed by atoms with E-state index in [1.54, 1.807) is 0 Å². The Morgan fingerprint density at radius 1 is 1.20 bits per heavy atom. The van der Waals surface area contributed by atoms with Crippen molar-refractivity contribution < 1.29 is 4.74 Å². The molecule has 0 aromatic carbocycles. The number of hydrogen-bond acceptors (Lipinski definition) is 3. The SMILES string of the molecule is CCCCCOc1nc(C)cc(C)c1CNC(C)(C)C. The molecule has 0 spiro atoms. The van der Waals surface area contributed by atoms with Gasteiger partial charge in [0.15, 0.2) is 0 Å². The Morgan fingerprint density at radius 3 is 2.50 bits per heavy atom. The number of rotatable bonds is 7. The van der Waals surface area contributed by atoms with Gasteiger partial charge >= 0.3 is 0 Å². The van der Waals surface area contributed by atoms with Gasteiger partial charge in [-0.25, -0.2) is 4.98 Å². The number of aromatic nitrogens is 1. The maximum absolute atomic E-state index is 5.91. The number of nitrogens with zero attached hydrogens (tertiary/aromatic N) is 1. The number of pyridine rings is 1. The standard InChI is InChI=1S/C17H30N2O/c1-7-8-9-10-20-16-15(12-18-17(4,5)6)13(2)11-14(3)19-16/h11,18H,7-10,12H2,1-6H3. The van der Waals surface area contributed by atoms with Crippen molar-refractivity contribution in [3.05, 3.63) is 22.9 Å². The highest BCUT2D eigenvalue weighted by Crippen LogP contribution is 2.22. The molecule has 0 aliphatic carbocycles. The van der Waals surface area contributed by atoms with Crippen molar-refractivity contribution in [3.63, 3.8) is 0 Å². The minimum Gasteiger partial charge on any atom is -0.477 e. The predicted octanol–water partition coefficient (Wildman–Crippen LogP) is 4.16. The Kier molecular flexibility index (Phi) is 6.47. The summed E-state index contributed by atoms with van der Waals surface area (Å²) in [6.45, 7) is 14.4. The maximum Gasteiger partial charge on any atom is 0.218 e. The van der Waals surface area contributed by atoms with Crippen LogP contribution < -0.4 is 10.1 Å². The van der Waals surface area contributed by atoms with E-state index < -0.39 is 0 Å². The minimum absolute atomic E-state index is 0.0941. The molecule has 3 nitrogen and oxygen atoms in total. The predicted molar refractivity (Wildman–Crippen MR) is 85.3 cm³/mol. The van der Waals surface area contributed by atoms with Crippen molar-refractivity contribution in [2.24, 2.45) is 0 Å². The third kappa shape index (κ3) is 5.91. The molecule has 0 atom stereocenters. The van der Waals surface area contributed by atoms with Gasteiger partial charge in [-0.2, -0.15) is 0 Å². The normalized spacial score (nSPS) is 11.7. The first-order valence-corrected chi connectivity index (χ1v) is 7.68. The summed E-state index contributed by atoms with van der Waals surface area (Å²) in [6.07, 6.45) is 3.51. The van der Waals surface area contributed by atoms with E-state index in [1.807, 2.05) is 6.92 Å². The lowest BCUT2D eigenvalue weighted by Gasteiger charge is -2.22. The second-order valence-electron chi connectivity index (χ2n) is 6.52. The van der Waals surface area contributed by atoms with Gasteiger partial charge in [0.1, 0.15) is 0 Å². The fraction of sp³-hybridized carbons (Fsp3) is 0.706. The second-order valence-corrected chi connectivity index (χ2v) is 6.52. The summed E-state index contributed by atoms with van der Waals surface area (Å²) < 4.78 is 5.91. The quantitative estimate of drug-likeness (QED) is 0.761. The van der Waals surface area contributed by atoms with Crippen LogP contribution in [0.5, 0.6) is 5.88 Å². The molecule has 114 valence electrons. The minimum atomic E-state index is 0.0941. The first-order chi connectivity index (χ1) is 9.33. The lowest BCUT2D eigenvalue weighted by molar-refractivity contribution is 0.288. The summed E-state index contributed by atoms with van der Waals surface area (Å²) in [6, 6.07) is 2.12. The number of unbranched alkanes of at least 4 members (excludes halogenated alkanes) is 2. The number of hydrogen-bond donors (Lipinski definition) is 1. The van der Waals surface area contributed by atoms with Gasteiger partial charge in [-0.05, 0) is 52.7 Å². The van der Waals surface area contributed by atoms with E-state index in [9.17, 15) is 0 Å². The van der Waals surface area contributed by atoms with E-state index in [1.165, 1.54) is 24.0 Å². The van der Waals surface area contributed by atoms with Crippen LogP contribution in [0.4, 0.5) is 0 Å². The summed E-state index contributed by atoms with van der Waals surface area (Å²) in [5, 5.41) is 3.52. The van der Waals surface area contributed by atoms with Crippen LogP contribution in [-0.2, 0) is 6.54 Å². The van der Waals surface area contributed by atoms with Gasteiger partial charge in [-0.15, -0.1) is 0 Å². The Hall–Kier alpha value is -1.09. The third-order valence-corrected chi connectivity index (χ3v) is 3.22. The molecule has 1 aromatic rings. The largest absolute Gasteiger partial charge is 0.477 e. The van der Waals surface area contributed by atoms with Crippen molar-refractivity contribution in [2.45, 2.75) is 72.9 Å². The highest BCUT2D eigenvalue weighted by Gasteiger charge is 2.14. The highest BCUT2D eigenvalue weighted by molar-refractivity contribution is 5.36. The van der Waals surface area contributed by atoms with E-state index in [0.717, 1.165) is 31.1 Å². The van der Waals surface area contributed by atoms with Crippen molar-refractivity contribution in [1.29, 1.82) is 0 Å². The summed E-state index contributed by atoms with van der Waals surface area (Å²) in [4.78, 5) is 4.57. The summed E-state index contributed by atoms with van der Waals surface area (Å²) in [5.74, 6) is 0.801. The number of nitrogens with one attached hydrogen (secondary N) is 1. The van der Waals surface area contributed by atoms with Crippen LogP contribution in [0.2, 0.25) is 0 Å². The molecule has 0 bridgehead atoms. The summed E-state index contributed by atoms with van der Waals surface area (Å²) in [7, 11) is 0. The van der Waals surface area contributed by atoms with E-state index in [-0.39, 0.29) is 5.54 Å². The molecule has 20 heavy (non-hydrogen) atoms. The third-order valence-electron chi connectivity index (χ3n) is 3.22. The average molecular weight is 278 g/mol. The van der Waals surface area contributed by atoms with Crippen molar-refractivity contribution in [2.75, 3.05) is 6.61 Å². The van der Waals surface area contributed by atoms with Gasteiger partial charge in [0.2, 0.25) is 5.88 Å². The van der Waals surface area contributed by atoms with E-state index in [2.05, 4.69) is 51.0 Å². The van der Waals surface area contributed by atoms with E-state index in [0.29, 0.717) is 0 Å². The monoisotopic (exact) mass is 278 g/mol. The van der Waals surface area contributed by atoms with Crippen LogP contribution in [-0.4, -0.2) is 17.1 Å². The molecule has 0 saturated heterocycles. The zero-order valence-electron chi connectivity index (χ0n) is 14.0. The Balaban J connectivity index is 2.79. The van der Waals surface area contributed by atoms with E-state index >= 15 is 0 Å². The van der Waals surface area contributed by atoms with Crippen LogP contribution in [0.25, 0.3) is 0 Å². The molecule has 0 unspecified atom stereocenters. The Morgan fingerprint density at radius 2 is 1.90 bits per heavy atom. The van der Waals surface area contributed by atoms with Crippen LogP contribution in [0, 0.1) is 13.8 Å². The van der Waals surface area contributed by atoms with Gasteiger partial charge in [0.05, 0.1) is 6.61 Å². The smallest absolute Gasteiger partial charge is 0.218 e. The molecule has 0 aliphatic heterocycles. The number of aryl methyl sites for hydroxylation is 2. The van der Waals surface area contributed by atoms with Gasteiger partial charge < -0.3 is 10.1 Å². The molecule has 1 N–H and O–H groups in total. The zero-order chi connectivity index (χ0) is 15.2. The summed E-state index contributed by atoms with van der Waals surface area (Å²) >= 11 is 0. The second kappa shape index (κ2) is 7.63. The molecule has 0 radical (unpaired) electrons. The first-order valence-electron chi connectivity index (χ1n) is 7.68. The Labute approximate surface area is 124 Å². The molecule has 1 rings (SSSR count). The molecule has 1 aromatic heterocycles. The molecular formula is C17H30N2O. The van der Waals surface area contributed by atoms with Gasteiger partial charge in [0.25, 0.3) is 0 Å². The average Bonchev–Trinajstić information content (AvgIpc) is 2.32. The van der Waals surface area contributed by atoms with Crippen LogP contribution >= 0.6 is 0 Å².